The molecule has 1 saturated heterocycles. The van der Waals surface area contributed by atoms with Gasteiger partial charge in [0.05, 0.1) is 0 Å². The molecule has 126 valence electrons. The smallest absolute Gasteiger partial charge is 0.166 e. The molecule has 2 aliphatic rings. The number of unbranched alkanes of at least 4 members (excludes halogenated alkanes) is 1. The van der Waals surface area contributed by atoms with Gasteiger partial charge < -0.3 is 4.90 Å². The van der Waals surface area contributed by atoms with Crippen molar-refractivity contribution in [3.63, 3.8) is 0 Å². The third-order valence-electron chi connectivity index (χ3n) is 5.91. The van der Waals surface area contributed by atoms with Gasteiger partial charge in [0, 0.05) is 11.5 Å². The monoisotopic (exact) mass is 313 g/mol. The fourth-order valence-electron chi connectivity index (χ4n) is 4.38. The maximum atomic E-state index is 12.6. The Kier molecular flexibility index (Phi) is 5.53. The molecule has 1 aromatic carbocycles. The molecule has 0 aromatic heterocycles. The maximum Gasteiger partial charge on any atom is 0.166 e. The summed E-state index contributed by atoms with van der Waals surface area (Å²) in [6.07, 6.45) is 8.84. The number of Topliss-reactive ketones (excluding diaryl/α,β-unsaturated/α-hetero) is 1. The number of fused-ring (bicyclic) bond motifs is 1. The minimum absolute atomic E-state index is 0.226. The number of ketones is 1. The van der Waals surface area contributed by atoms with Gasteiger partial charge in [0.1, 0.15) is 0 Å². The highest BCUT2D eigenvalue weighted by molar-refractivity contribution is 6.03. The Labute approximate surface area is 141 Å². The van der Waals surface area contributed by atoms with E-state index in [4.69, 9.17) is 0 Å². The number of hydrogen-bond acceptors (Lipinski definition) is 2. The van der Waals surface area contributed by atoms with Crippen molar-refractivity contribution >= 4 is 5.78 Å². The summed E-state index contributed by atoms with van der Waals surface area (Å²) in [5.41, 5.74) is 3.46. The SMILES string of the molecule is CCCCC1CCN(CCC2Cc3cccc(C)c3C2=O)CC1. The molecule has 2 nitrogen and oxygen atoms in total. The molecule has 1 atom stereocenters. The summed E-state index contributed by atoms with van der Waals surface area (Å²) < 4.78 is 0. The first-order valence-electron chi connectivity index (χ1n) is 9.54. The quantitative estimate of drug-likeness (QED) is 0.762. The van der Waals surface area contributed by atoms with Crippen LogP contribution in [0.4, 0.5) is 0 Å². The molecular weight excluding hydrogens is 282 g/mol. The average Bonchev–Trinajstić information content (AvgIpc) is 2.89. The fourth-order valence-corrected chi connectivity index (χ4v) is 4.38. The Balaban J connectivity index is 1.46. The van der Waals surface area contributed by atoms with Crippen LogP contribution >= 0.6 is 0 Å². The number of carbonyl (C=O) groups is 1. The van der Waals surface area contributed by atoms with Crippen LogP contribution in [0.5, 0.6) is 0 Å². The van der Waals surface area contributed by atoms with Gasteiger partial charge >= 0.3 is 0 Å². The van der Waals surface area contributed by atoms with E-state index in [1.165, 1.54) is 50.8 Å². The summed E-state index contributed by atoms with van der Waals surface area (Å²) in [5, 5.41) is 0. The number of carbonyl (C=O) groups excluding carboxylic acids is 1. The molecule has 0 saturated carbocycles. The standard InChI is InChI=1S/C21H31NO/c1-3-4-7-17-9-12-22(13-10-17)14-11-19-15-18-8-5-6-16(2)20(18)21(19)23/h5-6,8,17,19H,3-4,7,9-15H2,1-2H3. The Morgan fingerprint density at radius 2 is 1.96 bits per heavy atom. The number of piperidine rings is 1. The van der Waals surface area contributed by atoms with E-state index < -0.39 is 0 Å². The molecule has 1 aliphatic carbocycles. The molecule has 0 bridgehead atoms. The van der Waals surface area contributed by atoms with Crippen molar-refractivity contribution < 1.29 is 4.79 Å². The van der Waals surface area contributed by atoms with Gasteiger partial charge in [0.15, 0.2) is 5.78 Å². The second kappa shape index (κ2) is 7.61. The molecule has 3 rings (SSSR count). The number of rotatable bonds is 6. The Morgan fingerprint density at radius 1 is 1.17 bits per heavy atom. The van der Waals surface area contributed by atoms with Crippen molar-refractivity contribution in [3.05, 3.63) is 34.9 Å². The van der Waals surface area contributed by atoms with Gasteiger partial charge in [-0.15, -0.1) is 0 Å². The molecule has 1 heterocycles. The van der Waals surface area contributed by atoms with E-state index in [1.54, 1.807) is 0 Å². The number of hydrogen-bond donors (Lipinski definition) is 0. The van der Waals surface area contributed by atoms with E-state index in [0.717, 1.165) is 36.4 Å². The molecule has 1 unspecified atom stereocenters. The van der Waals surface area contributed by atoms with Gasteiger partial charge in [-0.25, -0.2) is 0 Å². The van der Waals surface area contributed by atoms with Crippen LogP contribution in [0.2, 0.25) is 0 Å². The first-order chi connectivity index (χ1) is 11.2. The Morgan fingerprint density at radius 3 is 2.65 bits per heavy atom. The third kappa shape index (κ3) is 3.85. The van der Waals surface area contributed by atoms with Crippen LogP contribution in [0, 0.1) is 18.8 Å². The fraction of sp³-hybridized carbons (Fsp3) is 0.667. The lowest BCUT2D eigenvalue weighted by Gasteiger charge is -2.32. The highest BCUT2D eigenvalue weighted by atomic mass is 16.1. The summed E-state index contributed by atoms with van der Waals surface area (Å²) >= 11 is 0. The third-order valence-corrected chi connectivity index (χ3v) is 5.91. The summed E-state index contributed by atoms with van der Waals surface area (Å²) in [4.78, 5) is 15.2. The predicted molar refractivity (Wildman–Crippen MR) is 96.0 cm³/mol. The van der Waals surface area contributed by atoms with E-state index in [-0.39, 0.29) is 5.92 Å². The van der Waals surface area contributed by atoms with Crippen LogP contribution in [0.1, 0.15) is 66.9 Å². The van der Waals surface area contributed by atoms with E-state index >= 15 is 0 Å². The van der Waals surface area contributed by atoms with Gasteiger partial charge in [-0.3, -0.25) is 4.79 Å². The molecule has 0 amide bonds. The zero-order valence-electron chi connectivity index (χ0n) is 14.8. The number of aryl methyl sites for hydroxylation is 1. The first kappa shape index (κ1) is 16.7. The molecule has 23 heavy (non-hydrogen) atoms. The van der Waals surface area contributed by atoms with Gasteiger partial charge in [0.2, 0.25) is 0 Å². The van der Waals surface area contributed by atoms with E-state index in [1.807, 2.05) is 0 Å². The van der Waals surface area contributed by atoms with Gasteiger partial charge in [-0.05, 0) is 69.3 Å². The second-order valence-electron chi connectivity index (χ2n) is 7.59. The average molecular weight is 313 g/mol. The lowest BCUT2D eigenvalue weighted by atomic mass is 9.91. The molecule has 0 spiro atoms. The summed E-state index contributed by atoms with van der Waals surface area (Å²) in [6, 6.07) is 6.30. The van der Waals surface area contributed by atoms with Crippen LogP contribution in [0.25, 0.3) is 0 Å². The normalized spacial score (nSPS) is 22.5. The number of benzene rings is 1. The topological polar surface area (TPSA) is 20.3 Å². The molecule has 1 aliphatic heterocycles. The largest absolute Gasteiger partial charge is 0.303 e. The molecule has 1 fully saturated rings. The van der Waals surface area contributed by atoms with Gasteiger partial charge in [-0.2, -0.15) is 0 Å². The minimum atomic E-state index is 0.226. The summed E-state index contributed by atoms with van der Waals surface area (Å²) in [6.45, 7) is 7.93. The molecule has 0 N–H and O–H groups in total. The van der Waals surface area contributed by atoms with Crippen LogP contribution in [-0.4, -0.2) is 30.3 Å². The van der Waals surface area contributed by atoms with Crippen molar-refractivity contribution in [2.24, 2.45) is 11.8 Å². The Hall–Kier alpha value is -1.15. The predicted octanol–water partition coefficient (Wildman–Crippen LogP) is 4.64. The van der Waals surface area contributed by atoms with Crippen molar-refractivity contribution in [3.8, 4) is 0 Å². The molecule has 0 radical (unpaired) electrons. The Bertz CT molecular complexity index is 543. The van der Waals surface area contributed by atoms with Crippen LogP contribution in [0.15, 0.2) is 18.2 Å². The lowest BCUT2D eigenvalue weighted by molar-refractivity contribution is 0.0911. The van der Waals surface area contributed by atoms with Gasteiger partial charge in [-0.1, -0.05) is 44.4 Å². The van der Waals surface area contributed by atoms with E-state index in [9.17, 15) is 4.79 Å². The molecule has 2 heteroatoms. The maximum absolute atomic E-state index is 12.6. The second-order valence-corrected chi connectivity index (χ2v) is 7.59. The number of nitrogens with zero attached hydrogens (tertiary/aromatic N) is 1. The zero-order valence-corrected chi connectivity index (χ0v) is 14.8. The van der Waals surface area contributed by atoms with E-state index in [0.29, 0.717) is 5.78 Å². The van der Waals surface area contributed by atoms with E-state index in [2.05, 4.69) is 36.9 Å². The highest BCUT2D eigenvalue weighted by Gasteiger charge is 2.31. The van der Waals surface area contributed by atoms with Crippen molar-refractivity contribution in [1.82, 2.24) is 4.90 Å². The highest BCUT2D eigenvalue weighted by Crippen LogP contribution is 2.31. The first-order valence-corrected chi connectivity index (χ1v) is 9.54. The zero-order chi connectivity index (χ0) is 16.2. The molecular formula is C21H31NO. The van der Waals surface area contributed by atoms with Crippen molar-refractivity contribution in [2.45, 2.75) is 58.8 Å². The van der Waals surface area contributed by atoms with Crippen LogP contribution in [0.3, 0.4) is 0 Å². The van der Waals surface area contributed by atoms with Crippen LogP contribution < -0.4 is 0 Å². The van der Waals surface area contributed by atoms with Crippen molar-refractivity contribution in [1.29, 1.82) is 0 Å². The summed E-state index contributed by atoms with van der Waals surface area (Å²) in [7, 11) is 0. The summed E-state index contributed by atoms with van der Waals surface area (Å²) in [5.74, 6) is 1.58. The minimum Gasteiger partial charge on any atom is -0.303 e. The number of likely N-dealkylation sites (tertiary alicyclic amines) is 1. The lowest BCUT2D eigenvalue weighted by Crippen LogP contribution is -2.35. The molecule has 1 aromatic rings. The van der Waals surface area contributed by atoms with Crippen LogP contribution in [-0.2, 0) is 6.42 Å². The van der Waals surface area contributed by atoms with Gasteiger partial charge in [0.25, 0.3) is 0 Å². The van der Waals surface area contributed by atoms with Crippen molar-refractivity contribution in [2.75, 3.05) is 19.6 Å².